The van der Waals surface area contributed by atoms with Crippen molar-refractivity contribution in [2.75, 3.05) is 13.7 Å². The van der Waals surface area contributed by atoms with Gasteiger partial charge >= 0.3 is 5.97 Å². The minimum absolute atomic E-state index is 0.322. The van der Waals surface area contributed by atoms with Gasteiger partial charge in [-0.15, -0.1) is 0 Å². The van der Waals surface area contributed by atoms with E-state index in [1.165, 1.54) is 0 Å². The van der Waals surface area contributed by atoms with E-state index < -0.39 is 6.10 Å². The summed E-state index contributed by atoms with van der Waals surface area (Å²) in [6.45, 7) is 4.56. The fourth-order valence-electron chi connectivity index (χ4n) is 1.57. The lowest BCUT2D eigenvalue weighted by molar-refractivity contribution is -0.151. The van der Waals surface area contributed by atoms with Crippen molar-refractivity contribution >= 4 is 5.97 Å². The van der Waals surface area contributed by atoms with Crippen molar-refractivity contribution in [2.45, 2.75) is 33.0 Å². The van der Waals surface area contributed by atoms with Gasteiger partial charge in [-0.1, -0.05) is 19.1 Å². The zero-order valence-electron chi connectivity index (χ0n) is 11.1. The highest BCUT2D eigenvalue weighted by atomic mass is 16.6. The number of rotatable bonds is 7. The van der Waals surface area contributed by atoms with E-state index in [1.54, 1.807) is 14.0 Å². The van der Waals surface area contributed by atoms with E-state index >= 15 is 0 Å². The number of hydrogen-bond donors (Lipinski definition) is 0. The molecule has 0 saturated heterocycles. The van der Waals surface area contributed by atoms with Gasteiger partial charge in [0.15, 0.2) is 6.10 Å². The molecule has 1 unspecified atom stereocenters. The standard InChI is InChI=1S/C14H20O4/c1-4-13(14(15)17-5-2)18-12-8-6-7-11(9-12)10-16-3/h6-9,13H,4-5,10H2,1-3H3. The monoisotopic (exact) mass is 252 g/mol. The molecule has 0 N–H and O–H groups in total. The molecule has 0 amide bonds. The van der Waals surface area contributed by atoms with Crippen molar-refractivity contribution in [1.82, 2.24) is 0 Å². The lowest BCUT2D eigenvalue weighted by Crippen LogP contribution is -2.28. The summed E-state index contributed by atoms with van der Waals surface area (Å²) in [6.07, 6.45) is 0.0237. The van der Waals surface area contributed by atoms with Crippen LogP contribution in [0, 0.1) is 0 Å². The van der Waals surface area contributed by atoms with Crippen LogP contribution in [0.25, 0.3) is 0 Å². The molecule has 4 nitrogen and oxygen atoms in total. The van der Waals surface area contributed by atoms with E-state index in [9.17, 15) is 4.79 Å². The van der Waals surface area contributed by atoms with Crippen LogP contribution in [0.1, 0.15) is 25.8 Å². The number of methoxy groups -OCH3 is 1. The van der Waals surface area contributed by atoms with Gasteiger partial charge in [-0.3, -0.25) is 0 Å². The lowest BCUT2D eigenvalue weighted by atomic mass is 10.2. The summed E-state index contributed by atoms with van der Waals surface area (Å²) < 4.78 is 15.6. The van der Waals surface area contributed by atoms with Gasteiger partial charge in [0.2, 0.25) is 0 Å². The smallest absolute Gasteiger partial charge is 0.347 e. The maximum Gasteiger partial charge on any atom is 0.347 e. The lowest BCUT2D eigenvalue weighted by Gasteiger charge is -2.16. The predicted octanol–water partition coefficient (Wildman–Crippen LogP) is 2.55. The van der Waals surface area contributed by atoms with Crippen molar-refractivity contribution in [3.63, 3.8) is 0 Å². The molecule has 1 rings (SSSR count). The van der Waals surface area contributed by atoms with Crippen LogP contribution in [0.15, 0.2) is 24.3 Å². The Morgan fingerprint density at radius 3 is 2.72 bits per heavy atom. The fraction of sp³-hybridized carbons (Fsp3) is 0.500. The number of ether oxygens (including phenoxy) is 3. The van der Waals surface area contributed by atoms with E-state index in [1.807, 2.05) is 31.2 Å². The Bertz CT molecular complexity index is 376. The normalized spacial score (nSPS) is 11.9. The summed E-state index contributed by atoms with van der Waals surface area (Å²) >= 11 is 0. The molecular weight excluding hydrogens is 232 g/mol. The highest BCUT2D eigenvalue weighted by Crippen LogP contribution is 2.17. The largest absolute Gasteiger partial charge is 0.479 e. The van der Waals surface area contributed by atoms with Crippen LogP contribution in [0.4, 0.5) is 0 Å². The molecule has 0 aliphatic heterocycles. The molecule has 0 radical (unpaired) electrons. The van der Waals surface area contributed by atoms with Gasteiger partial charge in [0.1, 0.15) is 5.75 Å². The molecule has 0 bridgehead atoms. The van der Waals surface area contributed by atoms with Crippen LogP contribution >= 0.6 is 0 Å². The Kier molecular flexibility index (Phi) is 6.22. The third kappa shape index (κ3) is 4.37. The van der Waals surface area contributed by atoms with Crippen LogP contribution in [0.2, 0.25) is 0 Å². The first-order valence-corrected chi connectivity index (χ1v) is 6.12. The quantitative estimate of drug-likeness (QED) is 0.700. The topological polar surface area (TPSA) is 44.8 Å². The summed E-state index contributed by atoms with van der Waals surface area (Å²) in [6, 6.07) is 7.51. The molecule has 0 saturated carbocycles. The SMILES string of the molecule is CCOC(=O)C(CC)Oc1cccc(COC)c1. The Labute approximate surface area is 108 Å². The Morgan fingerprint density at radius 2 is 2.11 bits per heavy atom. The second-order valence-electron chi connectivity index (χ2n) is 3.85. The molecular formula is C14H20O4. The molecule has 4 heteroatoms. The second-order valence-corrected chi connectivity index (χ2v) is 3.85. The van der Waals surface area contributed by atoms with Crippen molar-refractivity contribution < 1.29 is 19.0 Å². The number of carbonyl (C=O) groups excluding carboxylic acids is 1. The van der Waals surface area contributed by atoms with Gasteiger partial charge in [-0.25, -0.2) is 4.79 Å². The number of benzene rings is 1. The van der Waals surface area contributed by atoms with E-state index in [0.29, 0.717) is 25.4 Å². The molecule has 1 aromatic carbocycles. The maximum atomic E-state index is 11.6. The van der Waals surface area contributed by atoms with Crippen LogP contribution in [-0.2, 0) is 20.9 Å². The zero-order chi connectivity index (χ0) is 13.4. The summed E-state index contributed by atoms with van der Waals surface area (Å²) in [7, 11) is 1.64. The number of carbonyl (C=O) groups is 1. The van der Waals surface area contributed by atoms with Gasteiger partial charge in [-0.05, 0) is 31.0 Å². The summed E-state index contributed by atoms with van der Waals surface area (Å²) in [5.74, 6) is 0.335. The van der Waals surface area contributed by atoms with E-state index in [0.717, 1.165) is 5.56 Å². The molecule has 0 spiro atoms. The first-order chi connectivity index (χ1) is 8.71. The van der Waals surface area contributed by atoms with Gasteiger partial charge < -0.3 is 14.2 Å². The minimum atomic E-state index is -0.553. The van der Waals surface area contributed by atoms with Gasteiger partial charge in [0.05, 0.1) is 13.2 Å². The van der Waals surface area contributed by atoms with E-state index in [-0.39, 0.29) is 5.97 Å². The highest BCUT2D eigenvalue weighted by Gasteiger charge is 2.19. The fourth-order valence-corrected chi connectivity index (χ4v) is 1.57. The zero-order valence-corrected chi connectivity index (χ0v) is 11.1. The molecule has 0 aliphatic rings. The van der Waals surface area contributed by atoms with E-state index in [4.69, 9.17) is 14.2 Å². The molecule has 0 fully saturated rings. The van der Waals surface area contributed by atoms with E-state index in [2.05, 4.69) is 0 Å². The van der Waals surface area contributed by atoms with Gasteiger partial charge in [0, 0.05) is 7.11 Å². The number of hydrogen-bond acceptors (Lipinski definition) is 4. The Hall–Kier alpha value is -1.55. The van der Waals surface area contributed by atoms with Crippen LogP contribution in [0.3, 0.4) is 0 Å². The molecule has 18 heavy (non-hydrogen) atoms. The van der Waals surface area contributed by atoms with Crippen molar-refractivity contribution in [1.29, 1.82) is 0 Å². The third-order valence-corrected chi connectivity index (χ3v) is 2.41. The summed E-state index contributed by atoms with van der Waals surface area (Å²) in [5.41, 5.74) is 1.01. The van der Waals surface area contributed by atoms with Crippen molar-refractivity contribution in [2.24, 2.45) is 0 Å². The Balaban J connectivity index is 2.69. The molecule has 0 aromatic heterocycles. The summed E-state index contributed by atoms with van der Waals surface area (Å²) in [4.78, 5) is 11.6. The molecule has 1 aromatic rings. The van der Waals surface area contributed by atoms with Crippen molar-refractivity contribution in [3.8, 4) is 5.75 Å². The predicted molar refractivity (Wildman–Crippen MR) is 68.5 cm³/mol. The third-order valence-electron chi connectivity index (χ3n) is 2.41. The average molecular weight is 252 g/mol. The highest BCUT2D eigenvalue weighted by molar-refractivity contribution is 5.75. The van der Waals surface area contributed by atoms with Crippen molar-refractivity contribution in [3.05, 3.63) is 29.8 Å². The molecule has 1 atom stereocenters. The van der Waals surface area contributed by atoms with Gasteiger partial charge in [-0.2, -0.15) is 0 Å². The number of esters is 1. The first-order valence-electron chi connectivity index (χ1n) is 6.12. The molecule has 0 aliphatic carbocycles. The Morgan fingerprint density at radius 1 is 1.33 bits per heavy atom. The second kappa shape index (κ2) is 7.71. The van der Waals surface area contributed by atoms with Gasteiger partial charge in [0.25, 0.3) is 0 Å². The molecule has 100 valence electrons. The molecule has 0 heterocycles. The average Bonchev–Trinajstić information content (AvgIpc) is 2.37. The first kappa shape index (κ1) is 14.5. The van der Waals surface area contributed by atoms with Crippen LogP contribution < -0.4 is 4.74 Å². The summed E-state index contributed by atoms with van der Waals surface area (Å²) in [5, 5.41) is 0. The van der Waals surface area contributed by atoms with Crippen LogP contribution in [0.5, 0.6) is 5.75 Å². The van der Waals surface area contributed by atoms with Crippen LogP contribution in [-0.4, -0.2) is 25.8 Å². The maximum absolute atomic E-state index is 11.6. The minimum Gasteiger partial charge on any atom is -0.479 e.